The summed E-state index contributed by atoms with van der Waals surface area (Å²) in [4.78, 5) is 28.9. The molecule has 1 aromatic heterocycles. The Kier molecular flexibility index (Phi) is 5.06. The van der Waals surface area contributed by atoms with Crippen LogP contribution < -0.4 is 10.9 Å². The molecule has 0 aliphatic rings. The molecule has 25 heavy (non-hydrogen) atoms. The number of hydrogen-bond acceptors (Lipinski definition) is 3. The summed E-state index contributed by atoms with van der Waals surface area (Å²) in [7, 11) is 0. The maximum absolute atomic E-state index is 12.5. The van der Waals surface area contributed by atoms with Gasteiger partial charge in [-0.1, -0.05) is 35.3 Å². The Morgan fingerprint density at radius 1 is 1.16 bits per heavy atom. The van der Waals surface area contributed by atoms with Gasteiger partial charge in [0.05, 0.1) is 23.3 Å². The largest absolute Gasteiger partial charge is 0.348 e. The minimum atomic E-state index is -0.304. The fourth-order valence-electron chi connectivity index (χ4n) is 2.52. The van der Waals surface area contributed by atoms with E-state index in [1.54, 1.807) is 30.3 Å². The Morgan fingerprint density at radius 3 is 2.56 bits per heavy atom. The monoisotopic (exact) mass is 375 g/mol. The third kappa shape index (κ3) is 4.00. The van der Waals surface area contributed by atoms with Gasteiger partial charge in [-0.25, -0.2) is 4.98 Å². The minimum absolute atomic E-state index is 0.119. The van der Waals surface area contributed by atoms with Crippen molar-refractivity contribution in [2.75, 3.05) is 0 Å². The van der Waals surface area contributed by atoms with E-state index in [9.17, 15) is 9.59 Å². The topological polar surface area (TPSA) is 64.0 Å². The number of halogens is 2. The third-order valence-electron chi connectivity index (χ3n) is 3.85. The van der Waals surface area contributed by atoms with E-state index in [4.69, 9.17) is 23.2 Å². The second-order valence-electron chi connectivity index (χ2n) is 5.68. The van der Waals surface area contributed by atoms with Gasteiger partial charge in [-0.15, -0.1) is 0 Å². The lowest BCUT2D eigenvalue weighted by atomic mass is 10.1. The van der Waals surface area contributed by atoms with Crippen molar-refractivity contribution in [2.24, 2.45) is 0 Å². The van der Waals surface area contributed by atoms with Gasteiger partial charge in [0, 0.05) is 10.0 Å². The Balaban J connectivity index is 1.76. The van der Waals surface area contributed by atoms with E-state index in [1.165, 1.54) is 10.9 Å². The van der Waals surface area contributed by atoms with Gasteiger partial charge in [0.2, 0.25) is 5.91 Å². The summed E-state index contributed by atoms with van der Waals surface area (Å²) in [6, 6.07) is 11.9. The van der Waals surface area contributed by atoms with E-state index in [-0.39, 0.29) is 24.1 Å². The molecule has 5 nitrogen and oxygen atoms in total. The Labute approximate surface area is 154 Å². The summed E-state index contributed by atoms with van der Waals surface area (Å²) in [6.07, 6.45) is 1.37. The average molecular weight is 376 g/mol. The smallest absolute Gasteiger partial charge is 0.261 e. The number of rotatable bonds is 4. The maximum atomic E-state index is 12.5. The van der Waals surface area contributed by atoms with Gasteiger partial charge in [-0.05, 0) is 42.8 Å². The highest BCUT2D eigenvalue weighted by molar-refractivity contribution is 6.31. The quantitative estimate of drug-likeness (QED) is 0.757. The van der Waals surface area contributed by atoms with Crippen LogP contribution in [0, 0.1) is 0 Å². The first-order valence-electron chi connectivity index (χ1n) is 7.63. The second kappa shape index (κ2) is 7.25. The molecule has 0 aliphatic carbocycles. The molecule has 7 heteroatoms. The summed E-state index contributed by atoms with van der Waals surface area (Å²) < 4.78 is 1.27. The predicted octanol–water partition coefficient (Wildman–Crippen LogP) is 3.58. The van der Waals surface area contributed by atoms with Crippen molar-refractivity contribution >= 4 is 40.0 Å². The lowest BCUT2D eigenvalue weighted by Crippen LogP contribution is -2.34. The first kappa shape index (κ1) is 17.5. The molecule has 1 amide bonds. The van der Waals surface area contributed by atoms with Crippen molar-refractivity contribution in [1.82, 2.24) is 14.9 Å². The number of benzene rings is 2. The van der Waals surface area contributed by atoms with E-state index in [0.717, 1.165) is 5.56 Å². The standard InChI is InChI=1S/C18H15Cl2N3O2/c1-11(12-2-4-13(19)5-3-12)22-17(24)9-23-10-21-16-7-6-14(20)8-15(16)18(23)25/h2-8,10-11H,9H2,1H3,(H,22,24). The second-order valence-corrected chi connectivity index (χ2v) is 6.55. The Hall–Kier alpha value is -2.37. The number of aromatic nitrogens is 2. The number of fused-ring (bicyclic) bond motifs is 1. The fraction of sp³-hybridized carbons (Fsp3) is 0.167. The molecule has 0 aliphatic heterocycles. The minimum Gasteiger partial charge on any atom is -0.348 e. The molecule has 2 aromatic carbocycles. The summed E-state index contributed by atoms with van der Waals surface area (Å²) in [5, 5.41) is 4.32. The van der Waals surface area contributed by atoms with E-state index in [0.29, 0.717) is 20.9 Å². The molecule has 0 saturated carbocycles. The van der Waals surface area contributed by atoms with Crippen molar-refractivity contribution in [3.05, 3.63) is 74.8 Å². The van der Waals surface area contributed by atoms with Crippen LogP contribution in [0.3, 0.4) is 0 Å². The van der Waals surface area contributed by atoms with Crippen LogP contribution in [-0.2, 0) is 11.3 Å². The molecule has 1 heterocycles. The molecule has 3 rings (SSSR count). The van der Waals surface area contributed by atoms with E-state index in [1.807, 2.05) is 19.1 Å². The number of nitrogens with one attached hydrogen (secondary N) is 1. The zero-order chi connectivity index (χ0) is 18.0. The van der Waals surface area contributed by atoms with Gasteiger partial charge in [0.1, 0.15) is 6.54 Å². The number of carbonyl (C=O) groups excluding carboxylic acids is 1. The van der Waals surface area contributed by atoms with Gasteiger partial charge in [0.15, 0.2) is 0 Å². The molecule has 0 fully saturated rings. The van der Waals surface area contributed by atoms with Crippen LogP contribution in [-0.4, -0.2) is 15.5 Å². The number of nitrogens with zero attached hydrogens (tertiary/aromatic N) is 2. The Bertz CT molecular complexity index is 984. The van der Waals surface area contributed by atoms with Crippen molar-refractivity contribution in [1.29, 1.82) is 0 Å². The predicted molar refractivity (Wildman–Crippen MR) is 99.0 cm³/mol. The van der Waals surface area contributed by atoms with Gasteiger partial charge < -0.3 is 5.32 Å². The first-order valence-corrected chi connectivity index (χ1v) is 8.39. The summed E-state index contributed by atoms with van der Waals surface area (Å²) in [5.41, 5.74) is 1.16. The molecule has 1 unspecified atom stereocenters. The molecule has 1 atom stereocenters. The normalized spacial score (nSPS) is 12.1. The number of amides is 1. The zero-order valence-corrected chi connectivity index (χ0v) is 14.9. The Morgan fingerprint density at radius 2 is 1.84 bits per heavy atom. The van der Waals surface area contributed by atoms with Crippen LogP contribution in [0.4, 0.5) is 0 Å². The van der Waals surface area contributed by atoms with Gasteiger partial charge in [-0.3, -0.25) is 14.2 Å². The molecular weight excluding hydrogens is 361 g/mol. The third-order valence-corrected chi connectivity index (χ3v) is 4.33. The van der Waals surface area contributed by atoms with Gasteiger partial charge in [-0.2, -0.15) is 0 Å². The molecule has 3 aromatic rings. The average Bonchev–Trinajstić information content (AvgIpc) is 2.58. The summed E-state index contributed by atoms with van der Waals surface area (Å²) >= 11 is 11.8. The number of hydrogen-bond donors (Lipinski definition) is 1. The zero-order valence-electron chi connectivity index (χ0n) is 13.4. The molecule has 0 saturated heterocycles. The highest BCUT2D eigenvalue weighted by Gasteiger charge is 2.12. The summed E-state index contributed by atoms with van der Waals surface area (Å²) in [6.45, 7) is 1.74. The van der Waals surface area contributed by atoms with Gasteiger partial charge >= 0.3 is 0 Å². The highest BCUT2D eigenvalue weighted by Crippen LogP contribution is 2.16. The maximum Gasteiger partial charge on any atom is 0.261 e. The van der Waals surface area contributed by atoms with Crippen LogP contribution in [0.25, 0.3) is 10.9 Å². The molecule has 0 radical (unpaired) electrons. The SMILES string of the molecule is CC(NC(=O)Cn1cnc2ccc(Cl)cc2c1=O)c1ccc(Cl)cc1. The molecule has 128 valence electrons. The van der Waals surface area contributed by atoms with Crippen molar-refractivity contribution in [2.45, 2.75) is 19.5 Å². The van der Waals surface area contributed by atoms with Crippen LogP contribution in [0.1, 0.15) is 18.5 Å². The fourth-order valence-corrected chi connectivity index (χ4v) is 2.82. The van der Waals surface area contributed by atoms with Crippen LogP contribution in [0.15, 0.2) is 53.6 Å². The van der Waals surface area contributed by atoms with Crippen molar-refractivity contribution < 1.29 is 4.79 Å². The van der Waals surface area contributed by atoms with E-state index >= 15 is 0 Å². The molecule has 0 spiro atoms. The first-order chi connectivity index (χ1) is 11.9. The van der Waals surface area contributed by atoms with Crippen molar-refractivity contribution in [3.63, 3.8) is 0 Å². The van der Waals surface area contributed by atoms with E-state index < -0.39 is 0 Å². The molecular formula is C18H15Cl2N3O2. The van der Waals surface area contributed by atoms with Crippen LogP contribution in [0.2, 0.25) is 10.0 Å². The van der Waals surface area contributed by atoms with Gasteiger partial charge in [0.25, 0.3) is 5.56 Å². The lowest BCUT2D eigenvalue weighted by molar-refractivity contribution is -0.122. The van der Waals surface area contributed by atoms with Crippen molar-refractivity contribution in [3.8, 4) is 0 Å². The molecule has 1 N–H and O–H groups in total. The molecule has 0 bridgehead atoms. The lowest BCUT2D eigenvalue weighted by Gasteiger charge is -2.15. The number of carbonyl (C=O) groups is 1. The highest BCUT2D eigenvalue weighted by atomic mass is 35.5. The van der Waals surface area contributed by atoms with Crippen LogP contribution >= 0.6 is 23.2 Å². The summed E-state index contributed by atoms with van der Waals surface area (Å²) in [5.74, 6) is -0.285. The van der Waals surface area contributed by atoms with Crippen LogP contribution in [0.5, 0.6) is 0 Å². The van der Waals surface area contributed by atoms with E-state index in [2.05, 4.69) is 10.3 Å².